The van der Waals surface area contributed by atoms with Gasteiger partial charge < -0.3 is 4.74 Å². The highest BCUT2D eigenvalue weighted by molar-refractivity contribution is 5.96. The third-order valence-electron chi connectivity index (χ3n) is 2.05. The molecule has 0 bridgehead atoms. The van der Waals surface area contributed by atoms with Crippen molar-refractivity contribution < 1.29 is 35.9 Å². The molecule has 2 nitrogen and oxygen atoms in total. The smallest absolute Gasteiger partial charge is 0.406 e. The van der Waals surface area contributed by atoms with Crippen LogP contribution >= 0.6 is 0 Å². The van der Waals surface area contributed by atoms with Crippen molar-refractivity contribution in [3.05, 3.63) is 29.8 Å². The number of ketones is 1. The van der Waals surface area contributed by atoms with Gasteiger partial charge in [-0.1, -0.05) is 0 Å². The molecule has 0 unspecified atom stereocenters. The highest BCUT2D eigenvalue weighted by atomic mass is 19.4. The van der Waals surface area contributed by atoms with E-state index in [1.165, 1.54) is 0 Å². The number of ether oxygens (including phenoxy) is 1. The molecule has 0 radical (unpaired) electrons. The van der Waals surface area contributed by atoms with E-state index in [2.05, 4.69) is 4.74 Å². The van der Waals surface area contributed by atoms with Gasteiger partial charge in [0, 0.05) is 12.0 Å². The molecule has 0 heterocycles. The van der Waals surface area contributed by atoms with E-state index in [0.29, 0.717) is 0 Å². The number of carbonyl (C=O) groups excluding carboxylic acids is 1. The second-order valence-corrected chi connectivity index (χ2v) is 3.61. The van der Waals surface area contributed by atoms with Crippen LogP contribution in [0, 0.1) is 0 Å². The van der Waals surface area contributed by atoms with Crippen LogP contribution in [0.4, 0.5) is 26.3 Å². The van der Waals surface area contributed by atoms with Crippen LogP contribution in [-0.2, 0) is 0 Å². The van der Waals surface area contributed by atoms with Gasteiger partial charge in [0.25, 0.3) is 0 Å². The van der Waals surface area contributed by atoms with E-state index in [9.17, 15) is 31.1 Å². The van der Waals surface area contributed by atoms with Crippen molar-refractivity contribution in [3.63, 3.8) is 0 Å². The molecule has 0 N–H and O–H groups in total. The average molecular weight is 286 g/mol. The van der Waals surface area contributed by atoms with Crippen molar-refractivity contribution in [1.29, 1.82) is 0 Å². The molecule has 1 aromatic rings. The molecule has 1 aromatic carbocycles. The molecule has 0 aliphatic rings. The van der Waals surface area contributed by atoms with Crippen LogP contribution in [-0.4, -0.2) is 18.3 Å². The summed E-state index contributed by atoms with van der Waals surface area (Å²) in [5.74, 6) is -1.34. The minimum atomic E-state index is -4.86. The normalized spacial score (nSPS) is 12.3. The fraction of sp³-hybridized carbons (Fsp3) is 0.364. The molecular weight excluding hydrogens is 278 g/mol. The molecule has 1 rings (SSSR count). The van der Waals surface area contributed by atoms with Crippen molar-refractivity contribution in [2.75, 3.05) is 0 Å². The molecule has 0 fully saturated rings. The van der Waals surface area contributed by atoms with Gasteiger partial charge in [-0.2, -0.15) is 13.2 Å². The maximum absolute atomic E-state index is 11.9. The molecule has 8 heteroatoms. The van der Waals surface area contributed by atoms with E-state index in [4.69, 9.17) is 0 Å². The highest BCUT2D eigenvalue weighted by Gasteiger charge is 2.31. The molecular formula is C11H8F6O2. The van der Waals surface area contributed by atoms with E-state index >= 15 is 0 Å². The average Bonchev–Trinajstić information content (AvgIpc) is 2.23. The van der Waals surface area contributed by atoms with Gasteiger partial charge in [-0.25, -0.2) is 0 Å². The van der Waals surface area contributed by atoms with Crippen molar-refractivity contribution in [2.24, 2.45) is 0 Å². The minimum absolute atomic E-state index is 0.0984. The molecule has 0 saturated heterocycles. The molecule has 106 valence electrons. The van der Waals surface area contributed by atoms with Gasteiger partial charge in [0.2, 0.25) is 0 Å². The van der Waals surface area contributed by atoms with Crippen molar-refractivity contribution in [2.45, 2.75) is 25.4 Å². The van der Waals surface area contributed by atoms with Crippen LogP contribution in [0.5, 0.6) is 5.75 Å². The van der Waals surface area contributed by atoms with Crippen LogP contribution in [0.1, 0.15) is 23.2 Å². The lowest BCUT2D eigenvalue weighted by atomic mass is 10.1. The molecule has 0 saturated carbocycles. The Hall–Kier alpha value is -1.73. The summed E-state index contributed by atoms with van der Waals surface area (Å²) in [5, 5.41) is 0. The molecule has 0 aromatic heterocycles. The first kappa shape index (κ1) is 15.3. The predicted molar refractivity (Wildman–Crippen MR) is 52.7 cm³/mol. The van der Waals surface area contributed by atoms with E-state index in [0.717, 1.165) is 24.3 Å². The van der Waals surface area contributed by atoms with Crippen LogP contribution < -0.4 is 4.74 Å². The van der Waals surface area contributed by atoms with Crippen LogP contribution in [0.15, 0.2) is 24.3 Å². The van der Waals surface area contributed by atoms with Gasteiger partial charge in [-0.05, 0) is 24.3 Å². The van der Waals surface area contributed by atoms with Crippen LogP contribution in [0.3, 0.4) is 0 Å². The Balaban J connectivity index is 2.63. The third-order valence-corrected chi connectivity index (χ3v) is 2.05. The first-order valence-corrected chi connectivity index (χ1v) is 5.02. The van der Waals surface area contributed by atoms with Gasteiger partial charge in [0.05, 0.1) is 6.42 Å². The molecule has 0 atom stereocenters. The molecule has 19 heavy (non-hydrogen) atoms. The Kier molecular flexibility index (Phi) is 4.43. The third kappa shape index (κ3) is 6.12. The summed E-state index contributed by atoms with van der Waals surface area (Å²) in [7, 11) is 0. The zero-order valence-electron chi connectivity index (χ0n) is 9.31. The number of Topliss-reactive ketones (excluding diaryl/α,β-unsaturated/α-hetero) is 1. The second kappa shape index (κ2) is 5.50. The van der Waals surface area contributed by atoms with Crippen molar-refractivity contribution >= 4 is 5.78 Å². The fourth-order valence-corrected chi connectivity index (χ4v) is 1.24. The van der Waals surface area contributed by atoms with E-state index in [-0.39, 0.29) is 5.56 Å². The van der Waals surface area contributed by atoms with E-state index in [1.54, 1.807) is 0 Å². The molecule has 0 aliphatic heterocycles. The SMILES string of the molecule is O=C(CCC(F)(F)F)c1ccc(OC(F)(F)F)cc1. The number of halogens is 6. The van der Waals surface area contributed by atoms with E-state index in [1.807, 2.05) is 0 Å². The Morgan fingerprint density at radius 3 is 1.95 bits per heavy atom. The number of benzene rings is 1. The zero-order chi connectivity index (χ0) is 14.7. The minimum Gasteiger partial charge on any atom is -0.406 e. The summed E-state index contributed by atoms with van der Waals surface area (Å²) >= 11 is 0. The maximum atomic E-state index is 11.9. The van der Waals surface area contributed by atoms with Crippen molar-refractivity contribution in [1.82, 2.24) is 0 Å². The monoisotopic (exact) mass is 286 g/mol. The van der Waals surface area contributed by atoms with Crippen molar-refractivity contribution in [3.8, 4) is 5.75 Å². The largest absolute Gasteiger partial charge is 0.573 e. The number of carbonyl (C=O) groups is 1. The lowest BCUT2D eigenvalue weighted by Gasteiger charge is -2.09. The lowest BCUT2D eigenvalue weighted by Crippen LogP contribution is -2.17. The summed E-state index contributed by atoms with van der Waals surface area (Å²) in [4.78, 5) is 11.3. The molecule has 0 amide bonds. The first-order chi connectivity index (χ1) is 8.57. The van der Waals surface area contributed by atoms with Gasteiger partial charge in [0.15, 0.2) is 5.78 Å². The molecule has 0 spiro atoms. The number of hydrogen-bond acceptors (Lipinski definition) is 2. The number of rotatable bonds is 4. The number of alkyl halides is 6. The Bertz CT molecular complexity index is 432. The first-order valence-electron chi connectivity index (χ1n) is 5.02. The topological polar surface area (TPSA) is 26.3 Å². The standard InChI is InChI=1S/C11H8F6O2/c12-10(13,14)6-5-9(18)7-1-3-8(4-2-7)19-11(15,16)17/h1-4H,5-6H2. The van der Waals surface area contributed by atoms with Crippen LogP contribution in [0.25, 0.3) is 0 Å². The second-order valence-electron chi connectivity index (χ2n) is 3.61. The Morgan fingerprint density at radius 1 is 1.00 bits per heavy atom. The summed E-state index contributed by atoms with van der Waals surface area (Å²) in [6, 6.07) is 3.71. The summed E-state index contributed by atoms with van der Waals surface area (Å²) < 4.78 is 74.7. The van der Waals surface area contributed by atoms with Gasteiger partial charge in [0.1, 0.15) is 5.75 Å². The molecule has 0 aliphatic carbocycles. The van der Waals surface area contributed by atoms with Crippen LogP contribution in [0.2, 0.25) is 0 Å². The van der Waals surface area contributed by atoms with Gasteiger partial charge >= 0.3 is 12.5 Å². The predicted octanol–water partition coefficient (Wildman–Crippen LogP) is 4.11. The summed E-state index contributed by atoms with van der Waals surface area (Å²) in [6.07, 6.45) is -11.3. The number of hydrogen-bond donors (Lipinski definition) is 0. The lowest BCUT2D eigenvalue weighted by molar-refractivity contribution is -0.274. The van der Waals surface area contributed by atoms with E-state index < -0.39 is 36.9 Å². The van der Waals surface area contributed by atoms with Gasteiger partial charge in [-0.15, -0.1) is 13.2 Å². The maximum Gasteiger partial charge on any atom is 0.573 e. The zero-order valence-corrected chi connectivity index (χ0v) is 9.31. The summed E-state index contributed by atoms with van der Waals surface area (Å²) in [5.41, 5.74) is -0.0984. The Morgan fingerprint density at radius 2 is 1.53 bits per heavy atom. The quantitative estimate of drug-likeness (QED) is 0.615. The Labute approximate surface area is 104 Å². The fourth-order valence-electron chi connectivity index (χ4n) is 1.24. The highest BCUT2D eigenvalue weighted by Crippen LogP contribution is 2.25. The van der Waals surface area contributed by atoms with Gasteiger partial charge in [-0.3, -0.25) is 4.79 Å². The summed E-state index contributed by atoms with van der Waals surface area (Å²) in [6.45, 7) is 0.